The van der Waals surface area contributed by atoms with E-state index in [1.807, 2.05) is 0 Å². The summed E-state index contributed by atoms with van der Waals surface area (Å²) in [5.41, 5.74) is 6.75. The zero-order chi connectivity index (χ0) is 14.7. The van der Waals surface area contributed by atoms with Crippen LogP contribution in [0.2, 0.25) is 0 Å². The zero-order valence-electron chi connectivity index (χ0n) is 10.2. The third kappa shape index (κ3) is 3.20. The van der Waals surface area contributed by atoms with Crippen molar-refractivity contribution in [3.63, 3.8) is 0 Å². The Morgan fingerprint density at radius 2 is 2.15 bits per heavy atom. The molecule has 0 bridgehead atoms. The summed E-state index contributed by atoms with van der Waals surface area (Å²) in [4.78, 5) is 14.2. The molecule has 0 saturated heterocycles. The summed E-state index contributed by atoms with van der Waals surface area (Å²) >= 11 is 3.24. The summed E-state index contributed by atoms with van der Waals surface area (Å²) in [6.07, 6.45) is 1.52. The van der Waals surface area contributed by atoms with E-state index in [-0.39, 0.29) is 11.4 Å². The van der Waals surface area contributed by atoms with E-state index in [0.717, 1.165) is 0 Å². The van der Waals surface area contributed by atoms with E-state index in [4.69, 9.17) is 5.73 Å². The van der Waals surface area contributed by atoms with Gasteiger partial charge < -0.3 is 5.73 Å². The van der Waals surface area contributed by atoms with E-state index in [2.05, 4.69) is 20.9 Å². The molecular formula is C12H10BrN3O3S. The van der Waals surface area contributed by atoms with Crippen LogP contribution in [0.1, 0.15) is 5.56 Å². The van der Waals surface area contributed by atoms with Gasteiger partial charge in [-0.15, -0.1) is 0 Å². The van der Waals surface area contributed by atoms with Gasteiger partial charge >= 0.3 is 0 Å². The Labute approximate surface area is 125 Å². The molecule has 2 N–H and O–H groups in total. The summed E-state index contributed by atoms with van der Waals surface area (Å²) < 4.78 is 12.8. The third-order valence-electron chi connectivity index (χ3n) is 2.55. The smallest absolute Gasteiger partial charge is 0.270 e. The average molecular weight is 356 g/mol. The first-order valence-electron chi connectivity index (χ1n) is 5.50. The van der Waals surface area contributed by atoms with Crippen LogP contribution in [0, 0.1) is 10.1 Å². The topological polar surface area (TPSA) is 99.1 Å². The van der Waals surface area contributed by atoms with E-state index in [9.17, 15) is 14.3 Å². The molecule has 2 aromatic rings. The molecule has 1 aromatic carbocycles. The van der Waals surface area contributed by atoms with Gasteiger partial charge in [-0.3, -0.25) is 14.3 Å². The Morgan fingerprint density at radius 3 is 2.75 bits per heavy atom. The monoisotopic (exact) mass is 355 g/mol. The molecule has 0 spiro atoms. The molecule has 0 aliphatic rings. The van der Waals surface area contributed by atoms with Gasteiger partial charge in [-0.05, 0) is 17.7 Å². The van der Waals surface area contributed by atoms with Crippen molar-refractivity contribution in [1.29, 1.82) is 0 Å². The second-order valence-electron chi connectivity index (χ2n) is 3.92. The van der Waals surface area contributed by atoms with Crippen LogP contribution in [0.3, 0.4) is 0 Å². The van der Waals surface area contributed by atoms with Crippen LogP contribution < -0.4 is 5.73 Å². The molecule has 2 rings (SSSR count). The number of pyridine rings is 1. The van der Waals surface area contributed by atoms with Gasteiger partial charge in [0.25, 0.3) is 5.69 Å². The van der Waals surface area contributed by atoms with Crippen LogP contribution in [-0.4, -0.2) is 14.1 Å². The van der Waals surface area contributed by atoms with Gasteiger partial charge in [-0.2, -0.15) is 0 Å². The van der Waals surface area contributed by atoms with E-state index in [0.29, 0.717) is 20.7 Å². The van der Waals surface area contributed by atoms with Crippen LogP contribution in [0.15, 0.2) is 46.0 Å². The highest BCUT2D eigenvalue weighted by Gasteiger charge is 2.14. The second-order valence-corrected chi connectivity index (χ2v) is 6.14. The Morgan fingerprint density at radius 1 is 1.40 bits per heavy atom. The molecule has 0 aliphatic heterocycles. The number of nitrogen functional groups attached to an aromatic ring is 1. The summed E-state index contributed by atoms with van der Waals surface area (Å²) in [6.45, 7) is 0. The molecule has 0 saturated carbocycles. The van der Waals surface area contributed by atoms with E-state index < -0.39 is 15.7 Å². The van der Waals surface area contributed by atoms with Crippen molar-refractivity contribution in [3.05, 3.63) is 56.7 Å². The molecule has 1 heterocycles. The molecule has 6 nitrogen and oxygen atoms in total. The van der Waals surface area contributed by atoms with Gasteiger partial charge in [-0.25, -0.2) is 4.98 Å². The number of anilines is 1. The Balaban J connectivity index is 2.25. The fraction of sp³-hybridized carbons (Fsp3) is 0.0833. The molecule has 1 aromatic heterocycles. The van der Waals surface area contributed by atoms with Crippen LogP contribution in [-0.2, 0) is 16.6 Å². The minimum absolute atomic E-state index is 0.0243. The van der Waals surface area contributed by atoms with Crippen molar-refractivity contribution in [2.75, 3.05) is 5.73 Å². The van der Waals surface area contributed by atoms with Crippen molar-refractivity contribution >= 4 is 38.1 Å². The standard InChI is InChI=1S/C12H10BrN3O3S/c13-10-6-9(16(17)18)4-3-8(10)7-20(19)12-11(14)2-1-5-15-12/h1-6H,7,14H2. The molecular weight excluding hydrogens is 346 g/mol. The largest absolute Gasteiger partial charge is 0.396 e. The summed E-state index contributed by atoms with van der Waals surface area (Å²) in [5, 5.41) is 11.0. The normalized spacial score (nSPS) is 12.1. The first-order chi connectivity index (χ1) is 9.49. The third-order valence-corrected chi connectivity index (χ3v) is 4.63. The molecule has 0 amide bonds. The van der Waals surface area contributed by atoms with E-state index in [1.54, 1.807) is 18.2 Å². The predicted octanol–water partition coefficient (Wildman–Crippen LogP) is 2.64. The minimum atomic E-state index is -1.41. The zero-order valence-corrected chi connectivity index (χ0v) is 12.6. The fourth-order valence-electron chi connectivity index (χ4n) is 1.57. The lowest BCUT2D eigenvalue weighted by Crippen LogP contribution is -2.03. The number of benzene rings is 1. The minimum Gasteiger partial charge on any atom is -0.396 e. The fourth-order valence-corrected chi connectivity index (χ4v) is 3.44. The molecule has 0 aliphatic carbocycles. The molecule has 1 unspecified atom stereocenters. The maximum atomic E-state index is 12.2. The lowest BCUT2D eigenvalue weighted by Gasteiger charge is -2.06. The quantitative estimate of drug-likeness (QED) is 0.671. The van der Waals surface area contributed by atoms with Crippen molar-refractivity contribution in [2.45, 2.75) is 10.8 Å². The lowest BCUT2D eigenvalue weighted by molar-refractivity contribution is -0.384. The second kappa shape index (κ2) is 6.10. The van der Waals surface area contributed by atoms with E-state index in [1.165, 1.54) is 18.3 Å². The highest BCUT2D eigenvalue weighted by atomic mass is 79.9. The maximum Gasteiger partial charge on any atom is 0.270 e. The highest BCUT2D eigenvalue weighted by Crippen LogP contribution is 2.25. The summed E-state index contributed by atoms with van der Waals surface area (Å²) in [7, 11) is -1.41. The van der Waals surface area contributed by atoms with Gasteiger partial charge in [-0.1, -0.05) is 22.0 Å². The van der Waals surface area contributed by atoms with Gasteiger partial charge in [0.15, 0.2) is 0 Å². The molecule has 1 atom stereocenters. The van der Waals surface area contributed by atoms with E-state index >= 15 is 0 Å². The maximum absolute atomic E-state index is 12.2. The number of nitro groups is 1. The number of hydrogen-bond donors (Lipinski definition) is 1. The van der Waals surface area contributed by atoms with Crippen molar-refractivity contribution in [2.24, 2.45) is 0 Å². The Bertz CT molecular complexity index is 693. The number of nitrogens with zero attached hydrogens (tertiary/aromatic N) is 2. The van der Waals surface area contributed by atoms with Gasteiger partial charge in [0.05, 0.1) is 27.2 Å². The lowest BCUT2D eigenvalue weighted by atomic mass is 10.2. The first-order valence-corrected chi connectivity index (χ1v) is 7.62. The van der Waals surface area contributed by atoms with Crippen LogP contribution in [0.5, 0.6) is 0 Å². The van der Waals surface area contributed by atoms with Crippen LogP contribution in [0.25, 0.3) is 0 Å². The van der Waals surface area contributed by atoms with Gasteiger partial charge in [0.2, 0.25) is 0 Å². The number of non-ortho nitro benzene ring substituents is 1. The Kier molecular flexibility index (Phi) is 4.46. The SMILES string of the molecule is Nc1cccnc1S(=O)Cc1ccc([N+](=O)[O-])cc1Br. The summed E-state index contributed by atoms with van der Waals surface area (Å²) in [6, 6.07) is 7.62. The number of aromatic nitrogens is 1. The molecule has 104 valence electrons. The first kappa shape index (κ1) is 14.6. The highest BCUT2D eigenvalue weighted by molar-refractivity contribution is 9.10. The van der Waals surface area contributed by atoms with Crippen LogP contribution >= 0.6 is 15.9 Å². The molecule has 0 radical (unpaired) electrons. The molecule has 8 heteroatoms. The van der Waals surface area contributed by atoms with Gasteiger partial charge in [0.1, 0.15) is 5.03 Å². The number of nitro benzene ring substituents is 1. The van der Waals surface area contributed by atoms with Crippen LogP contribution in [0.4, 0.5) is 11.4 Å². The predicted molar refractivity (Wildman–Crippen MR) is 79.6 cm³/mol. The van der Waals surface area contributed by atoms with Gasteiger partial charge in [0, 0.05) is 22.8 Å². The molecule has 20 heavy (non-hydrogen) atoms. The number of hydrogen-bond acceptors (Lipinski definition) is 5. The number of nitrogens with two attached hydrogens (primary N) is 1. The average Bonchev–Trinajstić information content (AvgIpc) is 2.41. The number of rotatable bonds is 4. The van der Waals surface area contributed by atoms with Crippen molar-refractivity contribution < 1.29 is 9.13 Å². The summed E-state index contributed by atoms with van der Waals surface area (Å²) in [5.74, 6) is 0.180. The Hall–Kier alpha value is -1.80. The molecule has 0 fully saturated rings. The van der Waals surface area contributed by atoms with Crippen molar-refractivity contribution in [1.82, 2.24) is 4.98 Å². The number of halogens is 1. The van der Waals surface area contributed by atoms with Crippen molar-refractivity contribution in [3.8, 4) is 0 Å².